The molecule has 2 aromatic rings. The lowest BCUT2D eigenvalue weighted by atomic mass is 9.99. The number of anilines is 2. The van der Waals surface area contributed by atoms with Crippen LogP contribution in [0.25, 0.3) is 0 Å². The zero-order valence-electron chi connectivity index (χ0n) is 19.3. The molecule has 9 nitrogen and oxygen atoms in total. The van der Waals surface area contributed by atoms with Crippen LogP contribution in [0.4, 0.5) is 16.2 Å². The number of likely N-dealkylation sites (N-methyl/N-ethyl adjacent to an activating group) is 1. The van der Waals surface area contributed by atoms with Crippen molar-refractivity contribution in [3.05, 3.63) is 40.7 Å². The third-order valence-corrected chi connectivity index (χ3v) is 8.54. The number of aromatic nitrogens is 2. The van der Waals surface area contributed by atoms with Crippen LogP contribution >= 0.6 is 0 Å². The fourth-order valence-corrected chi connectivity index (χ4v) is 6.99. The smallest absolute Gasteiger partial charge is 0.307 e. The van der Waals surface area contributed by atoms with Crippen LogP contribution < -0.4 is 14.3 Å². The van der Waals surface area contributed by atoms with Crippen LogP contribution in [0, 0.1) is 0 Å². The van der Waals surface area contributed by atoms with Crippen molar-refractivity contribution >= 4 is 27.6 Å². The zero-order valence-corrected chi connectivity index (χ0v) is 20.1. The first-order valence-electron chi connectivity index (χ1n) is 11.8. The number of likely N-dealkylation sites (tertiary alicyclic amines) is 1. The molecular formula is C23H32N6O3S. The number of amides is 2. The molecule has 0 spiro atoms. The fraction of sp³-hybridized carbons (Fsp3) is 0.565. The van der Waals surface area contributed by atoms with Gasteiger partial charge >= 0.3 is 16.2 Å². The number of urea groups is 1. The van der Waals surface area contributed by atoms with Gasteiger partial charge in [0.05, 0.1) is 17.9 Å². The molecule has 1 saturated heterocycles. The van der Waals surface area contributed by atoms with Gasteiger partial charge in [0, 0.05) is 25.5 Å². The predicted octanol–water partition coefficient (Wildman–Crippen LogP) is 2.36. The quantitative estimate of drug-likeness (QED) is 0.696. The lowest BCUT2D eigenvalue weighted by Crippen LogP contribution is -2.54. The summed E-state index contributed by atoms with van der Waals surface area (Å²) < 4.78 is 32.2. The van der Waals surface area contributed by atoms with Crippen LogP contribution in [0.3, 0.4) is 0 Å². The Morgan fingerprint density at radius 1 is 1.09 bits per heavy atom. The lowest BCUT2D eigenvalue weighted by molar-refractivity contribution is 0.251. The number of rotatable bonds is 5. The molecule has 0 radical (unpaired) electrons. The minimum Gasteiger partial charge on any atom is -0.307 e. The van der Waals surface area contributed by atoms with Gasteiger partial charge < -0.3 is 10.2 Å². The first-order valence-corrected chi connectivity index (χ1v) is 13.2. The molecule has 2 heterocycles. The van der Waals surface area contributed by atoms with Crippen LogP contribution in [-0.2, 0) is 42.9 Å². The zero-order chi connectivity index (χ0) is 23.2. The standard InChI is InChI=1S/C23H32N6O3S/c1-27-11-5-8-18(14-27)29(19-13-24-28(2)15-19)33(31,32)26-23(30)25-22-20-9-3-6-16(20)12-17-7-4-10-21(17)22/h12-13,15,18H,3-11,14H2,1-2H3,(H2,25,26,30). The highest BCUT2D eigenvalue weighted by Gasteiger charge is 2.35. The van der Waals surface area contributed by atoms with Gasteiger partial charge in [0.2, 0.25) is 0 Å². The Labute approximate surface area is 195 Å². The summed E-state index contributed by atoms with van der Waals surface area (Å²) in [6, 6.07) is 1.31. The normalized spacial score (nSPS) is 20.4. The maximum Gasteiger partial charge on any atom is 0.334 e. The van der Waals surface area contributed by atoms with Gasteiger partial charge in [0.25, 0.3) is 0 Å². The molecular weight excluding hydrogens is 440 g/mol. The predicted molar refractivity (Wildman–Crippen MR) is 128 cm³/mol. The first kappa shape index (κ1) is 22.2. The van der Waals surface area contributed by atoms with Crippen LogP contribution in [0.5, 0.6) is 0 Å². The van der Waals surface area contributed by atoms with Gasteiger partial charge in [-0.3, -0.25) is 4.68 Å². The number of nitrogens with zero attached hydrogens (tertiary/aromatic N) is 4. The average molecular weight is 473 g/mol. The number of benzene rings is 1. The number of hydrogen-bond donors (Lipinski definition) is 2. The molecule has 0 saturated carbocycles. The minimum atomic E-state index is -4.14. The van der Waals surface area contributed by atoms with Crippen LogP contribution in [0.15, 0.2) is 18.5 Å². The maximum atomic E-state index is 13.5. The molecule has 10 heteroatoms. The van der Waals surface area contributed by atoms with Crippen molar-refractivity contribution in [3.8, 4) is 0 Å². The molecule has 1 unspecified atom stereocenters. The fourth-order valence-electron chi connectivity index (χ4n) is 5.67. The highest BCUT2D eigenvalue weighted by Crippen LogP contribution is 2.38. The van der Waals surface area contributed by atoms with Gasteiger partial charge in [-0.05, 0) is 87.2 Å². The average Bonchev–Trinajstić information content (AvgIpc) is 3.48. The molecule has 2 N–H and O–H groups in total. The van der Waals surface area contributed by atoms with Crippen LogP contribution in [0.2, 0.25) is 0 Å². The Morgan fingerprint density at radius 2 is 1.79 bits per heavy atom. The second-order valence-electron chi connectivity index (χ2n) is 9.52. The molecule has 1 fully saturated rings. The number of fused-ring (bicyclic) bond motifs is 2. The second-order valence-corrected chi connectivity index (χ2v) is 11.1. The summed E-state index contributed by atoms with van der Waals surface area (Å²) in [6.07, 6.45) is 10.8. The van der Waals surface area contributed by atoms with Crippen LogP contribution in [-0.4, -0.2) is 55.3 Å². The van der Waals surface area contributed by atoms with Crippen molar-refractivity contribution in [1.82, 2.24) is 19.4 Å². The molecule has 5 rings (SSSR count). The summed E-state index contributed by atoms with van der Waals surface area (Å²) in [6.45, 7) is 1.52. The topological polar surface area (TPSA) is 99.6 Å². The van der Waals surface area contributed by atoms with E-state index in [-0.39, 0.29) is 6.04 Å². The van der Waals surface area contributed by atoms with E-state index in [1.165, 1.54) is 32.8 Å². The first-order chi connectivity index (χ1) is 15.8. The van der Waals surface area contributed by atoms with Crippen molar-refractivity contribution < 1.29 is 13.2 Å². The molecule has 2 aliphatic carbocycles. The van der Waals surface area contributed by atoms with E-state index in [1.54, 1.807) is 17.9 Å². The molecule has 0 bridgehead atoms. The number of piperidine rings is 1. The lowest BCUT2D eigenvalue weighted by Gasteiger charge is -2.37. The highest BCUT2D eigenvalue weighted by molar-refractivity contribution is 7.91. The van der Waals surface area contributed by atoms with E-state index < -0.39 is 16.2 Å². The summed E-state index contributed by atoms with van der Waals surface area (Å²) in [5, 5.41) is 7.09. The largest absolute Gasteiger partial charge is 0.334 e. The molecule has 1 aliphatic heterocycles. The summed E-state index contributed by atoms with van der Waals surface area (Å²) in [7, 11) is -0.410. The third kappa shape index (κ3) is 4.33. The second kappa shape index (κ2) is 8.64. The van der Waals surface area contributed by atoms with Gasteiger partial charge in [-0.15, -0.1) is 0 Å². The van der Waals surface area contributed by atoms with E-state index in [0.29, 0.717) is 12.2 Å². The van der Waals surface area contributed by atoms with Crippen LogP contribution in [0.1, 0.15) is 47.9 Å². The minimum absolute atomic E-state index is 0.275. The summed E-state index contributed by atoms with van der Waals surface area (Å²) >= 11 is 0. The Kier molecular flexibility index (Phi) is 5.82. The summed E-state index contributed by atoms with van der Waals surface area (Å²) in [5.74, 6) is 0. The van der Waals surface area contributed by atoms with Crippen molar-refractivity contribution in [2.24, 2.45) is 7.05 Å². The van der Waals surface area contributed by atoms with Crippen molar-refractivity contribution in [1.29, 1.82) is 0 Å². The van der Waals surface area contributed by atoms with E-state index in [4.69, 9.17) is 0 Å². The van der Waals surface area contributed by atoms with Gasteiger partial charge in [0.15, 0.2) is 0 Å². The van der Waals surface area contributed by atoms with Gasteiger partial charge in [0.1, 0.15) is 0 Å². The highest BCUT2D eigenvalue weighted by atomic mass is 32.2. The maximum absolute atomic E-state index is 13.5. The molecule has 33 heavy (non-hydrogen) atoms. The summed E-state index contributed by atoms with van der Waals surface area (Å²) in [5.41, 5.74) is 6.20. The van der Waals surface area contributed by atoms with Gasteiger partial charge in [-0.1, -0.05) is 6.07 Å². The number of aryl methyl sites for hydroxylation is 3. The summed E-state index contributed by atoms with van der Waals surface area (Å²) in [4.78, 5) is 15.2. The molecule has 1 atom stereocenters. The molecule has 3 aliphatic rings. The molecule has 1 aromatic heterocycles. The molecule has 2 amide bonds. The molecule has 1 aromatic carbocycles. The Bertz CT molecular complexity index is 1140. The van der Waals surface area contributed by atoms with E-state index in [9.17, 15) is 13.2 Å². The van der Waals surface area contributed by atoms with Crippen molar-refractivity contribution in [2.45, 2.75) is 57.4 Å². The van der Waals surface area contributed by atoms with E-state index >= 15 is 0 Å². The Balaban J connectivity index is 1.41. The van der Waals surface area contributed by atoms with E-state index in [0.717, 1.165) is 63.6 Å². The Morgan fingerprint density at radius 3 is 2.39 bits per heavy atom. The Hall–Kier alpha value is -2.59. The monoisotopic (exact) mass is 472 g/mol. The number of carbonyl (C=O) groups excluding carboxylic acids is 1. The third-order valence-electron chi connectivity index (χ3n) is 7.07. The van der Waals surface area contributed by atoms with Gasteiger partial charge in [-0.2, -0.15) is 13.5 Å². The van der Waals surface area contributed by atoms with E-state index in [2.05, 4.69) is 26.1 Å². The van der Waals surface area contributed by atoms with Crippen molar-refractivity contribution in [3.63, 3.8) is 0 Å². The van der Waals surface area contributed by atoms with Crippen molar-refractivity contribution in [2.75, 3.05) is 29.8 Å². The number of carbonyl (C=O) groups is 1. The number of nitrogens with one attached hydrogen (secondary N) is 2. The number of hydrogen-bond acceptors (Lipinski definition) is 5. The van der Waals surface area contributed by atoms with E-state index in [1.807, 2.05) is 7.05 Å². The SMILES string of the molecule is CN1CCCC(N(c2cnn(C)c2)S(=O)(=O)NC(=O)Nc2c3c(cc4c2CCC4)CCC3)C1. The van der Waals surface area contributed by atoms with Gasteiger partial charge in [-0.25, -0.2) is 13.8 Å². The molecule has 178 valence electrons.